The Morgan fingerprint density at radius 2 is 1.95 bits per heavy atom. The monoisotopic (exact) mass is 260 g/mol. The Bertz CT molecular complexity index is 466. The first-order chi connectivity index (χ1) is 9.03. The number of amides is 1. The molecular weight excluding hydrogens is 236 g/mol. The topological polar surface area (TPSA) is 55.1 Å². The van der Waals surface area contributed by atoms with E-state index in [1.165, 1.54) is 30.4 Å². The molecule has 104 valence electrons. The largest absolute Gasteiger partial charge is 0.330 e. The van der Waals surface area contributed by atoms with Gasteiger partial charge in [0.25, 0.3) is 0 Å². The molecule has 1 aliphatic carbocycles. The number of anilines is 1. The zero-order chi connectivity index (χ0) is 13.9. The lowest BCUT2D eigenvalue weighted by atomic mass is 9.88. The minimum Gasteiger partial charge on any atom is -0.330 e. The number of aryl methyl sites for hydroxylation is 2. The highest BCUT2D eigenvalue weighted by molar-refractivity contribution is 5.94. The molecule has 3 nitrogen and oxygen atoms in total. The van der Waals surface area contributed by atoms with E-state index in [1.807, 2.05) is 19.9 Å². The third kappa shape index (κ3) is 3.35. The second kappa shape index (κ2) is 5.74. The molecule has 1 aliphatic rings. The highest BCUT2D eigenvalue weighted by Gasteiger charge is 2.26. The summed E-state index contributed by atoms with van der Waals surface area (Å²) in [7, 11) is 0. The zero-order valence-corrected chi connectivity index (χ0v) is 12.0. The highest BCUT2D eigenvalue weighted by Crippen LogP contribution is 2.26. The van der Waals surface area contributed by atoms with Crippen LogP contribution in [-0.4, -0.2) is 12.5 Å². The molecular formula is C16H24N2O. The van der Waals surface area contributed by atoms with Gasteiger partial charge < -0.3 is 11.1 Å². The summed E-state index contributed by atoms with van der Waals surface area (Å²) in [6.45, 7) is 4.41. The summed E-state index contributed by atoms with van der Waals surface area (Å²) in [5.74, 6) is 0.0497. The second-order valence-corrected chi connectivity index (χ2v) is 6.07. The smallest absolute Gasteiger partial charge is 0.230 e. The van der Waals surface area contributed by atoms with Gasteiger partial charge in [-0.3, -0.25) is 4.79 Å². The molecule has 1 amide bonds. The third-order valence-electron chi connectivity index (χ3n) is 3.99. The molecule has 0 unspecified atom stereocenters. The summed E-state index contributed by atoms with van der Waals surface area (Å²) in [6, 6.07) is 6.30. The van der Waals surface area contributed by atoms with Crippen LogP contribution in [0.25, 0.3) is 0 Å². The van der Waals surface area contributed by atoms with Crippen LogP contribution < -0.4 is 11.1 Å². The molecule has 0 fully saturated rings. The van der Waals surface area contributed by atoms with Crippen LogP contribution in [0.2, 0.25) is 0 Å². The zero-order valence-electron chi connectivity index (χ0n) is 12.0. The van der Waals surface area contributed by atoms with Gasteiger partial charge in [0.2, 0.25) is 5.91 Å². The first-order valence-corrected chi connectivity index (χ1v) is 7.16. The summed E-state index contributed by atoms with van der Waals surface area (Å²) in [4.78, 5) is 12.2. The van der Waals surface area contributed by atoms with Crippen LogP contribution in [-0.2, 0) is 17.6 Å². The number of fused-ring (bicyclic) bond motifs is 1. The fourth-order valence-electron chi connectivity index (χ4n) is 2.59. The lowest BCUT2D eigenvalue weighted by Gasteiger charge is -2.23. The molecule has 0 bridgehead atoms. The van der Waals surface area contributed by atoms with Crippen LogP contribution in [0.3, 0.4) is 0 Å². The number of carbonyl (C=O) groups excluding carboxylic acids is 1. The SMILES string of the molecule is CC(C)(CCN)C(=O)Nc1ccc2c(c1)CCCC2. The van der Waals surface area contributed by atoms with Crippen molar-refractivity contribution in [3.8, 4) is 0 Å². The fraction of sp³-hybridized carbons (Fsp3) is 0.562. The Hall–Kier alpha value is -1.35. The van der Waals surface area contributed by atoms with Gasteiger partial charge in [-0.2, -0.15) is 0 Å². The summed E-state index contributed by atoms with van der Waals surface area (Å²) in [5, 5.41) is 3.02. The van der Waals surface area contributed by atoms with Crippen molar-refractivity contribution in [2.45, 2.75) is 46.0 Å². The van der Waals surface area contributed by atoms with Crippen LogP contribution in [0.5, 0.6) is 0 Å². The van der Waals surface area contributed by atoms with E-state index in [1.54, 1.807) is 0 Å². The molecule has 0 radical (unpaired) electrons. The predicted octanol–water partition coefficient (Wildman–Crippen LogP) is 2.88. The fourth-order valence-corrected chi connectivity index (χ4v) is 2.59. The first-order valence-electron chi connectivity index (χ1n) is 7.16. The maximum atomic E-state index is 12.2. The van der Waals surface area contributed by atoms with E-state index in [9.17, 15) is 4.79 Å². The van der Waals surface area contributed by atoms with Crippen molar-refractivity contribution in [1.82, 2.24) is 0 Å². The summed E-state index contributed by atoms with van der Waals surface area (Å²) in [5.41, 5.74) is 8.88. The highest BCUT2D eigenvalue weighted by atomic mass is 16.2. The van der Waals surface area contributed by atoms with Crippen LogP contribution in [0, 0.1) is 5.41 Å². The van der Waals surface area contributed by atoms with Crippen molar-refractivity contribution in [3.05, 3.63) is 29.3 Å². The van der Waals surface area contributed by atoms with Gasteiger partial charge in [-0.1, -0.05) is 19.9 Å². The Labute approximate surface area is 115 Å². The lowest BCUT2D eigenvalue weighted by molar-refractivity contribution is -0.124. The second-order valence-electron chi connectivity index (χ2n) is 6.07. The summed E-state index contributed by atoms with van der Waals surface area (Å²) in [6.07, 6.45) is 5.53. The Morgan fingerprint density at radius 1 is 1.26 bits per heavy atom. The maximum absolute atomic E-state index is 12.2. The van der Waals surface area contributed by atoms with Crippen molar-refractivity contribution < 1.29 is 4.79 Å². The van der Waals surface area contributed by atoms with E-state index in [-0.39, 0.29) is 5.91 Å². The molecule has 3 N–H and O–H groups in total. The van der Waals surface area contributed by atoms with Gasteiger partial charge >= 0.3 is 0 Å². The summed E-state index contributed by atoms with van der Waals surface area (Å²) < 4.78 is 0. The van der Waals surface area contributed by atoms with Crippen LogP contribution in [0.15, 0.2) is 18.2 Å². The van der Waals surface area contributed by atoms with Gasteiger partial charge in [0.15, 0.2) is 0 Å². The molecule has 0 saturated heterocycles. The molecule has 0 spiro atoms. The minimum absolute atomic E-state index is 0.0497. The first kappa shape index (κ1) is 14.1. The van der Waals surface area contributed by atoms with Crippen LogP contribution in [0.1, 0.15) is 44.2 Å². The van der Waals surface area contributed by atoms with Crippen LogP contribution in [0.4, 0.5) is 5.69 Å². The van der Waals surface area contributed by atoms with E-state index in [0.29, 0.717) is 13.0 Å². The normalized spacial score (nSPS) is 14.9. The number of hydrogen-bond acceptors (Lipinski definition) is 2. The van der Waals surface area contributed by atoms with Crippen molar-refractivity contribution in [3.63, 3.8) is 0 Å². The maximum Gasteiger partial charge on any atom is 0.230 e. The number of rotatable bonds is 4. The molecule has 2 rings (SSSR count). The molecule has 0 aromatic heterocycles. The van der Waals surface area contributed by atoms with Gasteiger partial charge in [0.1, 0.15) is 0 Å². The van der Waals surface area contributed by atoms with Gasteiger partial charge in [-0.15, -0.1) is 0 Å². The third-order valence-corrected chi connectivity index (χ3v) is 3.99. The average Bonchev–Trinajstić information content (AvgIpc) is 2.38. The lowest BCUT2D eigenvalue weighted by Crippen LogP contribution is -2.32. The number of benzene rings is 1. The molecule has 0 aliphatic heterocycles. The molecule has 0 saturated carbocycles. The van der Waals surface area contributed by atoms with E-state index in [0.717, 1.165) is 12.1 Å². The number of nitrogens with one attached hydrogen (secondary N) is 1. The van der Waals surface area contributed by atoms with Crippen molar-refractivity contribution in [1.29, 1.82) is 0 Å². The Morgan fingerprint density at radius 3 is 2.63 bits per heavy atom. The van der Waals surface area contributed by atoms with Crippen molar-refractivity contribution >= 4 is 11.6 Å². The standard InChI is InChI=1S/C16H24N2O/c1-16(2,9-10-17)15(19)18-14-8-7-12-5-3-4-6-13(12)11-14/h7-8,11H,3-6,9-10,17H2,1-2H3,(H,18,19). The number of hydrogen-bond donors (Lipinski definition) is 2. The minimum atomic E-state index is -0.412. The molecule has 1 aromatic rings. The van der Waals surface area contributed by atoms with Crippen LogP contribution >= 0.6 is 0 Å². The summed E-state index contributed by atoms with van der Waals surface area (Å²) >= 11 is 0. The van der Waals surface area contributed by atoms with Gasteiger partial charge in [0.05, 0.1) is 0 Å². The molecule has 19 heavy (non-hydrogen) atoms. The van der Waals surface area contributed by atoms with E-state index in [4.69, 9.17) is 5.73 Å². The number of nitrogens with two attached hydrogens (primary N) is 1. The predicted molar refractivity (Wildman–Crippen MR) is 79.2 cm³/mol. The van der Waals surface area contributed by atoms with Gasteiger partial charge in [-0.05, 0) is 61.9 Å². The van der Waals surface area contributed by atoms with Gasteiger partial charge in [-0.25, -0.2) is 0 Å². The van der Waals surface area contributed by atoms with E-state index < -0.39 is 5.41 Å². The Balaban J connectivity index is 2.09. The van der Waals surface area contributed by atoms with Gasteiger partial charge in [0, 0.05) is 11.1 Å². The van der Waals surface area contributed by atoms with E-state index in [2.05, 4.69) is 17.4 Å². The molecule has 0 heterocycles. The van der Waals surface area contributed by atoms with Crippen molar-refractivity contribution in [2.75, 3.05) is 11.9 Å². The quantitative estimate of drug-likeness (QED) is 0.874. The van der Waals surface area contributed by atoms with E-state index >= 15 is 0 Å². The number of carbonyl (C=O) groups is 1. The molecule has 0 atom stereocenters. The average molecular weight is 260 g/mol. The molecule has 1 aromatic carbocycles. The Kier molecular flexibility index (Phi) is 4.25. The van der Waals surface area contributed by atoms with Crippen molar-refractivity contribution in [2.24, 2.45) is 11.1 Å². The molecule has 3 heteroatoms.